The Balaban J connectivity index is 2.13. The summed E-state index contributed by atoms with van der Waals surface area (Å²) in [6.45, 7) is 10.1. The minimum absolute atomic E-state index is 0.0465. The second-order valence-electron chi connectivity index (χ2n) is 5.90. The fraction of sp³-hybridized carbons (Fsp3) is 0.786. The third-order valence-corrected chi connectivity index (χ3v) is 2.24. The third-order valence-electron chi connectivity index (χ3n) is 2.24. The highest BCUT2D eigenvalue weighted by molar-refractivity contribution is 5.71. The van der Waals surface area contributed by atoms with E-state index in [-0.39, 0.29) is 18.7 Å². The third kappa shape index (κ3) is 7.30. The van der Waals surface area contributed by atoms with Gasteiger partial charge in [-0.1, -0.05) is 12.2 Å². The molecule has 0 aromatic heterocycles. The zero-order chi connectivity index (χ0) is 14.5. The van der Waals surface area contributed by atoms with E-state index in [0.717, 1.165) is 0 Å². The molecule has 1 fully saturated rings. The van der Waals surface area contributed by atoms with E-state index in [2.05, 4.69) is 0 Å². The highest BCUT2D eigenvalue weighted by Crippen LogP contribution is 2.22. The van der Waals surface area contributed by atoms with Crippen LogP contribution >= 0.6 is 0 Å². The summed E-state index contributed by atoms with van der Waals surface area (Å²) in [5.74, 6) is -0.880. The minimum atomic E-state index is -0.521. The number of carbonyl (C=O) groups is 1. The molecule has 1 aliphatic heterocycles. The zero-order valence-electron chi connectivity index (χ0n) is 12.4. The summed E-state index contributed by atoms with van der Waals surface area (Å²) in [5, 5.41) is 0. The standard InChI is InChI=1S/C14H24O5/c1-13(2,3)19-12(15)10-16-8-6-7-11-9-17-14(4,5)18-11/h6-7,11H,8-10H2,1-5H3/b7-6+/t11-/m0/s1. The molecule has 1 rings (SSSR count). The van der Waals surface area contributed by atoms with Crippen molar-refractivity contribution >= 4 is 5.97 Å². The predicted molar refractivity (Wildman–Crippen MR) is 70.7 cm³/mol. The van der Waals surface area contributed by atoms with E-state index in [0.29, 0.717) is 13.2 Å². The number of hydrogen-bond donors (Lipinski definition) is 0. The van der Waals surface area contributed by atoms with Crippen molar-refractivity contribution in [3.8, 4) is 0 Å². The van der Waals surface area contributed by atoms with Crippen LogP contribution in [0.4, 0.5) is 0 Å². The van der Waals surface area contributed by atoms with E-state index in [4.69, 9.17) is 18.9 Å². The van der Waals surface area contributed by atoms with Crippen molar-refractivity contribution in [1.29, 1.82) is 0 Å². The molecule has 0 radical (unpaired) electrons. The van der Waals surface area contributed by atoms with Gasteiger partial charge in [0.25, 0.3) is 0 Å². The SMILES string of the molecule is CC(C)(C)OC(=O)COC/C=C/[C@H]1COC(C)(C)O1. The lowest BCUT2D eigenvalue weighted by Crippen LogP contribution is -2.26. The maximum absolute atomic E-state index is 11.3. The molecule has 0 unspecified atom stereocenters. The lowest BCUT2D eigenvalue weighted by atomic mass is 10.2. The molecule has 0 aliphatic carbocycles. The average molecular weight is 272 g/mol. The average Bonchev–Trinajstić information content (AvgIpc) is 2.55. The number of esters is 1. The summed E-state index contributed by atoms with van der Waals surface area (Å²) in [7, 11) is 0. The van der Waals surface area contributed by atoms with Crippen molar-refractivity contribution in [2.24, 2.45) is 0 Å². The summed E-state index contributed by atoms with van der Waals surface area (Å²) in [6, 6.07) is 0. The van der Waals surface area contributed by atoms with Crippen LogP contribution in [0.25, 0.3) is 0 Å². The minimum Gasteiger partial charge on any atom is -0.458 e. The van der Waals surface area contributed by atoms with Gasteiger partial charge in [-0.25, -0.2) is 4.79 Å². The lowest BCUT2D eigenvalue weighted by Gasteiger charge is -2.19. The van der Waals surface area contributed by atoms with Crippen LogP contribution in [0.2, 0.25) is 0 Å². The van der Waals surface area contributed by atoms with Gasteiger partial charge in [0.15, 0.2) is 5.79 Å². The molecule has 0 aromatic carbocycles. The zero-order valence-corrected chi connectivity index (χ0v) is 12.4. The normalized spacial score (nSPS) is 22.9. The highest BCUT2D eigenvalue weighted by Gasteiger charge is 2.30. The topological polar surface area (TPSA) is 54.0 Å². The second kappa shape index (κ2) is 6.50. The lowest BCUT2D eigenvalue weighted by molar-refractivity contribution is -0.159. The van der Waals surface area contributed by atoms with Crippen LogP contribution in [-0.4, -0.2) is 43.3 Å². The van der Waals surface area contributed by atoms with Gasteiger partial charge in [-0.2, -0.15) is 0 Å². The molecular weight excluding hydrogens is 248 g/mol. The molecule has 110 valence electrons. The molecular formula is C14H24O5. The fourth-order valence-corrected chi connectivity index (χ4v) is 1.60. The number of ether oxygens (including phenoxy) is 4. The first-order valence-corrected chi connectivity index (χ1v) is 6.46. The Morgan fingerprint density at radius 3 is 2.63 bits per heavy atom. The molecule has 0 amide bonds. The number of hydrogen-bond acceptors (Lipinski definition) is 5. The van der Waals surface area contributed by atoms with Crippen LogP contribution < -0.4 is 0 Å². The summed E-state index contributed by atoms with van der Waals surface area (Å²) >= 11 is 0. The van der Waals surface area contributed by atoms with Crippen molar-refractivity contribution in [3.63, 3.8) is 0 Å². The Kier molecular flexibility index (Phi) is 5.52. The maximum atomic E-state index is 11.3. The molecule has 0 aromatic rings. The molecule has 19 heavy (non-hydrogen) atoms. The van der Waals surface area contributed by atoms with E-state index in [1.807, 2.05) is 46.8 Å². The molecule has 0 spiro atoms. The molecule has 1 saturated heterocycles. The fourth-order valence-electron chi connectivity index (χ4n) is 1.60. The van der Waals surface area contributed by atoms with E-state index in [1.165, 1.54) is 0 Å². The molecule has 0 N–H and O–H groups in total. The van der Waals surface area contributed by atoms with E-state index in [1.54, 1.807) is 0 Å². The van der Waals surface area contributed by atoms with Crippen molar-refractivity contribution in [2.75, 3.05) is 19.8 Å². The van der Waals surface area contributed by atoms with Gasteiger partial charge >= 0.3 is 5.97 Å². The predicted octanol–water partition coefficient (Wildman–Crippen LogP) is 2.05. The van der Waals surface area contributed by atoms with Gasteiger partial charge in [0.2, 0.25) is 0 Å². The largest absolute Gasteiger partial charge is 0.458 e. The van der Waals surface area contributed by atoms with Crippen LogP contribution in [-0.2, 0) is 23.7 Å². The number of rotatable bonds is 5. The van der Waals surface area contributed by atoms with E-state index >= 15 is 0 Å². The van der Waals surface area contributed by atoms with E-state index in [9.17, 15) is 4.79 Å². The smallest absolute Gasteiger partial charge is 0.332 e. The second-order valence-corrected chi connectivity index (χ2v) is 5.90. The Hall–Kier alpha value is -0.910. The van der Waals surface area contributed by atoms with Crippen LogP contribution in [0, 0.1) is 0 Å². The summed E-state index contributed by atoms with van der Waals surface area (Å²) in [6.07, 6.45) is 3.64. The van der Waals surface area contributed by atoms with Crippen LogP contribution in [0.1, 0.15) is 34.6 Å². The monoisotopic (exact) mass is 272 g/mol. The maximum Gasteiger partial charge on any atom is 0.332 e. The van der Waals surface area contributed by atoms with Crippen molar-refractivity contribution in [1.82, 2.24) is 0 Å². The summed E-state index contributed by atoms with van der Waals surface area (Å²) in [5.41, 5.74) is -0.475. The molecule has 1 atom stereocenters. The Morgan fingerprint density at radius 2 is 2.11 bits per heavy atom. The molecule has 1 aliphatic rings. The van der Waals surface area contributed by atoms with Gasteiger partial charge in [0, 0.05) is 0 Å². The van der Waals surface area contributed by atoms with Gasteiger partial charge in [-0.05, 0) is 34.6 Å². The first-order chi connectivity index (χ1) is 8.68. The summed E-state index contributed by atoms with van der Waals surface area (Å²) in [4.78, 5) is 11.3. The van der Waals surface area contributed by atoms with Gasteiger partial charge in [0.1, 0.15) is 18.3 Å². The van der Waals surface area contributed by atoms with Crippen molar-refractivity contribution in [2.45, 2.75) is 52.1 Å². The molecule has 0 bridgehead atoms. The molecule has 5 nitrogen and oxygen atoms in total. The first kappa shape index (κ1) is 16.1. The summed E-state index contributed by atoms with van der Waals surface area (Å²) < 4.78 is 21.3. The van der Waals surface area contributed by atoms with Crippen molar-refractivity contribution in [3.05, 3.63) is 12.2 Å². The van der Waals surface area contributed by atoms with Crippen LogP contribution in [0.5, 0.6) is 0 Å². The highest BCUT2D eigenvalue weighted by atomic mass is 16.7. The first-order valence-electron chi connectivity index (χ1n) is 6.46. The Bertz CT molecular complexity index is 327. The molecule has 5 heteroatoms. The quantitative estimate of drug-likeness (QED) is 0.435. The Labute approximate surface area is 114 Å². The van der Waals surface area contributed by atoms with E-state index < -0.39 is 11.4 Å². The van der Waals surface area contributed by atoms with Gasteiger partial charge in [-0.3, -0.25) is 0 Å². The number of carbonyl (C=O) groups excluding carboxylic acids is 1. The molecule has 1 heterocycles. The van der Waals surface area contributed by atoms with Gasteiger partial charge < -0.3 is 18.9 Å². The van der Waals surface area contributed by atoms with Gasteiger partial charge in [-0.15, -0.1) is 0 Å². The van der Waals surface area contributed by atoms with Crippen molar-refractivity contribution < 1.29 is 23.7 Å². The van der Waals surface area contributed by atoms with Crippen LogP contribution in [0.15, 0.2) is 12.2 Å². The molecule has 0 saturated carbocycles. The Morgan fingerprint density at radius 1 is 1.42 bits per heavy atom. The van der Waals surface area contributed by atoms with Gasteiger partial charge in [0.05, 0.1) is 13.2 Å². The van der Waals surface area contributed by atoms with Crippen LogP contribution in [0.3, 0.4) is 0 Å².